The molecule has 0 amide bonds. The number of nitrogens with one attached hydrogen (secondary N) is 2. The number of aromatic amines is 1. The summed E-state index contributed by atoms with van der Waals surface area (Å²) in [6, 6.07) is 26.3. The van der Waals surface area contributed by atoms with Crippen molar-refractivity contribution in [2.24, 2.45) is 10.7 Å². The first-order chi connectivity index (χ1) is 13.8. The fraction of sp³-hybridized carbons (Fsp3) is 0.0909. The molecule has 0 spiro atoms. The number of aliphatic imine (C=N–C) groups is 1. The zero-order valence-corrected chi connectivity index (χ0v) is 15.2. The number of guanidine groups is 1. The normalized spacial score (nSPS) is 15.6. The summed E-state index contributed by atoms with van der Waals surface area (Å²) in [6.07, 6.45) is -0.240. The van der Waals surface area contributed by atoms with E-state index in [1.165, 1.54) is 0 Å². The number of imidazole rings is 1. The minimum atomic E-state index is -0.240. The molecular weight excluding hydrogens is 350 g/mol. The SMILES string of the molecule is NC1=N[C@H](c2ccc(OCc3ccccc3)cc2)[n+]2c([nH]c3ccccc32)N1. The number of para-hydroxylation sites is 2. The third kappa shape index (κ3) is 2.95. The van der Waals surface area contributed by atoms with Crippen LogP contribution in [0.5, 0.6) is 5.75 Å². The summed E-state index contributed by atoms with van der Waals surface area (Å²) in [7, 11) is 0. The minimum Gasteiger partial charge on any atom is -0.489 e. The van der Waals surface area contributed by atoms with Gasteiger partial charge in [-0.15, -0.1) is 0 Å². The number of ether oxygens (including phenoxy) is 1. The molecule has 1 aromatic heterocycles. The maximum absolute atomic E-state index is 6.02. The average Bonchev–Trinajstić information content (AvgIpc) is 3.11. The summed E-state index contributed by atoms with van der Waals surface area (Å²) in [6.45, 7) is 0.542. The smallest absolute Gasteiger partial charge is 0.365 e. The number of nitrogens with zero attached hydrogens (tertiary/aromatic N) is 2. The van der Waals surface area contributed by atoms with E-state index in [4.69, 9.17) is 10.5 Å². The number of fused-ring (bicyclic) bond motifs is 3. The minimum absolute atomic E-state index is 0.240. The second kappa shape index (κ2) is 6.74. The maximum atomic E-state index is 6.02. The van der Waals surface area contributed by atoms with Crippen LogP contribution in [-0.2, 0) is 6.61 Å². The molecule has 5 rings (SSSR count). The van der Waals surface area contributed by atoms with E-state index in [0.717, 1.165) is 33.9 Å². The first kappa shape index (κ1) is 16.4. The lowest BCUT2D eigenvalue weighted by atomic mass is 10.1. The van der Waals surface area contributed by atoms with Crippen molar-refractivity contribution in [2.75, 3.05) is 5.32 Å². The van der Waals surface area contributed by atoms with Crippen molar-refractivity contribution in [3.05, 3.63) is 90.0 Å². The number of aromatic nitrogens is 2. The van der Waals surface area contributed by atoms with E-state index < -0.39 is 0 Å². The molecule has 28 heavy (non-hydrogen) atoms. The van der Waals surface area contributed by atoms with E-state index in [-0.39, 0.29) is 6.17 Å². The number of benzene rings is 3. The molecule has 0 aliphatic carbocycles. The van der Waals surface area contributed by atoms with Crippen LogP contribution in [-0.4, -0.2) is 10.9 Å². The van der Waals surface area contributed by atoms with Crippen molar-refractivity contribution in [2.45, 2.75) is 12.8 Å². The Morgan fingerprint density at radius 2 is 1.68 bits per heavy atom. The standard InChI is InChI=1S/C22H19N5O/c23-21-25-20(27-19-9-5-4-8-18(19)24-22(27)26-21)16-10-12-17(13-11-16)28-14-15-6-2-1-3-7-15/h1-13,20H,14H2,(H3,23,24,25,26)/p+1/t20-/m0/s1. The number of rotatable bonds is 4. The van der Waals surface area contributed by atoms with E-state index in [1.807, 2.05) is 60.7 Å². The van der Waals surface area contributed by atoms with Gasteiger partial charge in [-0.25, -0.2) is 14.9 Å². The highest BCUT2D eigenvalue weighted by Gasteiger charge is 2.30. The third-order valence-electron chi connectivity index (χ3n) is 4.84. The van der Waals surface area contributed by atoms with Gasteiger partial charge in [0, 0.05) is 5.56 Å². The van der Waals surface area contributed by atoms with Crippen LogP contribution in [0.2, 0.25) is 0 Å². The van der Waals surface area contributed by atoms with Crippen molar-refractivity contribution in [3.63, 3.8) is 0 Å². The van der Waals surface area contributed by atoms with E-state index in [0.29, 0.717) is 12.6 Å². The number of H-pyrrole nitrogens is 1. The highest BCUT2D eigenvalue weighted by Crippen LogP contribution is 2.25. The zero-order chi connectivity index (χ0) is 18.9. The molecule has 0 unspecified atom stereocenters. The molecule has 138 valence electrons. The predicted molar refractivity (Wildman–Crippen MR) is 109 cm³/mol. The van der Waals surface area contributed by atoms with Crippen LogP contribution >= 0.6 is 0 Å². The van der Waals surface area contributed by atoms with Crippen LogP contribution < -0.4 is 20.4 Å². The molecule has 6 heteroatoms. The van der Waals surface area contributed by atoms with E-state index in [1.54, 1.807) is 0 Å². The fourth-order valence-corrected chi connectivity index (χ4v) is 3.49. The number of nitrogens with two attached hydrogens (primary N) is 1. The summed E-state index contributed by atoms with van der Waals surface area (Å²) in [4.78, 5) is 7.99. The second-order valence-electron chi connectivity index (χ2n) is 6.72. The molecule has 3 aromatic carbocycles. The Labute approximate surface area is 162 Å². The van der Waals surface area contributed by atoms with Crippen molar-refractivity contribution < 1.29 is 9.30 Å². The molecule has 0 bridgehead atoms. The summed E-state index contributed by atoms with van der Waals surface area (Å²) in [5.41, 5.74) is 10.3. The Bertz CT molecular complexity index is 1150. The van der Waals surface area contributed by atoms with Crippen LogP contribution in [0.3, 0.4) is 0 Å². The predicted octanol–water partition coefficient (Wildman–Crippen LogP) is 3.32. The largest absolute Gasteiger partial charge is 0.489 e. The van der Waals surface area contributed by atoms with Gasteiger partial charge in [-0.05, 0) is 42.0 Å². The van der Waals surface area contributed by atoms with Crippen LogP contribution in [0.25, 0.3) is 11.0 Å². The zero-order valence-electron chi connectivity index (χ0n) is 15.2. The van der Waals surface area contributed by atoms with Gasteiger partial charge in [-0.3, -0.25) is 0 Å². The molecule has 1 atom stereocenters. The molecule has 0 saturated heterocycles. The lowest BCUT2D eigenvalue weighted by Gasteiger charge is -2.18. The van der Waals surface area contributed by atoms with Crippen molar-refractivity contribution >= 4 is 22.9 Å². The first-order valence-electron chi connectivity index (χ1n) is 9.17. The lowest BCUT2D eigenvalue weighted by molar-refractivity contribution is -0.674. The second-order valence-corrected chi connectivity index (χ2v) is 6.72. The summed E-state index contributed by atoms with van der Waals surface area (Å²) >= 11 is 0. The molecule has 0 saturated carbocycles. The van der Waals surface area contributed by atoms with Gasteiger partial charge < -0.3 is 10.5 Å². The Morgan fingerprint density at radius 1 is 0.929 bits per heavy atom. The quantitative estimate of drug-likeness (QED) is 0.482. The van der Waals surface area contributed by atoms with Crippen molar-refractivity contribution in [1.29, 1.82) is 0 Å². The van der Waals surface area contributed by atoms with E-state index >= 15 is 0 Å². The number of hydrogen-bond donors (Lipinski definition) is 3. The van der Waals surface area contributed by atoms with Gasteiger partial charge in [-0.1, -0.05) is 42.5 Å². The van der Waals surface area contributed by atoms with Gasteiger partial charge >= 0.3 is 5.95 Å². The number of hydrogen-bond acceptors (Lipinski definition) is 4. The third-order valence-corrected chi connectivity index (χ3v) is 4.84. The summed E-state index contributed by atoms with van der Waals surface area (Å²) < 4.78 is 8.01. The van der Waals surface area contributed by atoms with Gasteiger partial charge in [0.05, 0.1) is 0 Å². The molecule has 1 aliphatic heterocycles. The monoisotopic (exact) mass is 370 g/mol. The molecule has 2 heterocycles. The highest BCUT2D eigenvalue weighted by molar-refractivity contribution is 5.92. The number of anilines is 1. The summed E-state index contributed by atoms with van der Waals surface area (Å²) in [5.74, 6) is 2.03. The van der Waals surface area contributed by atoms with E-state index in [2.05, 4.69) is 38.1 Å². The Balaban J connectivity index is 1.44. The topological polar surface area (TPSA) is 79.3 Å². The van der Waals surface area contributed by atoms with Gasteiger partial charge in [0.15, 0.2) is 0 Å². The van der Waals surface area contributed by atoms with Crippen molar-refractivity contribution in [1.82, 2.24) is 4.98 Å². The van der Waals surface area contributed by atoms with E-state index in [9.17, 15) is 0 Å². The molecule has 6 nitrogen and oxygen atoms in total. The van der Waals surface area contributed by atoms with Crippen LogP contribution in [0.15, 0.2) is 83.9 Å². The van der Waals surface area contributed by atoms with Gasteiger partial charge in [-0.2, -0.15) is 4.99 Å². The first-order valence-corrected chi connectivity index (χ1v) is 9.17. The fourth-order valence-electron chi connectivity index (χ4n) is 3.49. The van der Waals surface area contributed by atoms with Crippen LogP contribution in [0.1, 0.15) is 17.3 Å². The molecule has 0 radical (unpaired) electrons. The van der Waals surface area contributed by atoms with Gasteiger partial charge in [0.2, 0.25) is 6.17 Å². The lowest BCUT2D eigenvalue weighted by Crippen LogP contribution is -2.48. The molecule has 1 aliphatic rings. The van der Waals surface area contributed by atoms with Crippen molar-refractivity contribution in [3.8, 4) is 5.75 Å². The Morgan fingerprint density at radius 3 is 2.50 bits per heavy atom. The average molecular weight is 370 g/mol. The molecule has 4 aromatic rings. The molecule has 4 N–H and O–H groups in total. The Hall–Kier alpha value is -3.80. The summed E-state index contributed by atoms with van der Waals surface area (Å²) in [5, 5.41) is 3.11. The van der Waals surface area contributed by atoms with Crippen LogP contribution in [0, 0.1) is 0 Å². The molecular formula is C22H20N5O+. The highest BCUT2D eigenvalue weighted by atomic mass is 16.5. The molecule has 0 fully saturated rings. The van der Waals surface area contributed by atoms with Crippen LogP contribution in [0.4, 0.5) is 5.95 Å². The van der Waals surface area contributed by atoms with Gasteiger partial charge in [0.1, 0.15) is 23.4 Å². The van der Waals surface area contributed by atoms with Gasteiger partial charge in [0.25, 0.3) is 5.96 Å². The Kier molecular flexibility index (Phi) is 3.94. The maximum Gasteiger partial charge on any atom is 0.365 e.